The first-order valence-corrected chi connectivity index (χ1v) is 7.56. The number of halogens is 1. The smallest absolute Gasteiger partial charge is 0.246 e. The molecule has 0 aliphatic carbocycles. The molecule has 1 amide bonds. The molecule has 2 saturated heterocycles. The second-order valence-electron chi connectivity index (χ2n) is 5.59. The second-order valence-corrected chi connectivity index (χ2v) is 6.03. The molecule has 0 bridgehead atoms. The number of likely N-dealkylation sites (tertiary alicyclic amines) is 1. The molecule has 2 aliphatic heterocycles. The average Bonchev–Trinajstić information content (AvgIpc) is 2.90. The minimum Gasteiger partial charge on any atom is -0.337 e. The van der Waals surface area contributed by atoms with Crippen LogP contribution in [-0.2, 0) is 4.79 Å². The molecule has 0 aromatic heterocycles. The van der Waals surface area contributed by atoms with Gasteiger partial charge in [-0.2, -0.15) is 0 Å². The Morgan fingerprint density at radius 2 is 2.10 bits per heavy atom. The fourth-order valence-electron chi connectivity index (χ4n) is 3.07. The lowest BCUT2D eigenvalue weighted by molar-refractivity contribution is -0.125. The Hall–Kier alpha value is -1.32. The lowest BCUT2D eigenvalue weighted by Gasteiger charge is -2.24. The summed E-state index contributed by atoms with van der Waals surface area (Å²) >= 11 is 5.84. The number of amides is 1. The molecule has 20 heavy (non-hydrogen) atoms. The number of nitrogens with zero attached hydrogens (tertiary/aromatic N) is 1. The number of piperidine rings is 1. The number of carbonyl (C=O) groups is 1. The van der Waals surface area contributed by atoms with Gasteiger partial charge in [0.25, 0.3) is 0 Å². The van der Waals surface area contributed by atoms with E-state index < -0.39 is 0 Å². The first-order chi connectivity index (χ1) is 9.72. The zero-order valence-electron chi connectivity index (χ0n) is 11.4. The molecule has 1 N–H and O–H groups in total. The highest BCUT2D eigenvalue weighted by Gasteiger charge is 2.35. The fraction of sp³-hybridized carbons (Fsp3) is 0.438. The van der Waals surface area contributed by atoms with Crippen LogP contribution in [0.15, 0.2) is 30.3 Å². The van der Waals surface area contributed by atoms with Gasteiger partial charge in [-0.3, -0.25) is 4.79 Å². The summed E-state index contributed by atoms with van der Waals surface area (Å²) in [5.41, 5.74) is 0.998. The molecule has 1 aromatic carbocycles. The summed E-state index contributed by atoms with van der Waals surface area (Å²) in [6.07, 6.45) is 5.99. The van der Waals surface area contributed by atoms with Crippen molar-refractivity contribution in [3.8, 4) is 0 Å². The van der Waals surface area contributed by atoms with Crippen LogP contribution in [0.2, 0.25) is 5.02 Å². The molecular weight excluding hydrogens is 272 g/mol. The van der Waals surface area contributed by atoms with Gasteiger partial charge in [-0.05, 0) is 49.1 Å². The van der Waals surface area contributed by atoms with Crippen molar-refractivity contribution in [3.05, 3.63) is 40.9 Å². The minimum absolute atomic E-state index is 0.108. The average molecular weight is 291 g/mol. The van der Waals surface area contributed by atoms with Crippen LogP contribution in [0, 0.1) is 5.92 Å². The Labute approximate surface area is 124 Å². The summed E-state index contributed by atoms with van der Waals surface area (Å²) in [6, 6.07) is 7.99. The van der Waals surface area contributed by atoms with Crippen LogP contribution in [0.5, 0.6) is 0 Å². The van der Waals surface area contributed by atoms with Crippen LogP contribution in [0.1, 0.15) is 18.4 Å². The fourth-order valence-corrected chi connectivity index (χ4v) is 3.20. The lowest BCUT2D eigenvalue weighted by atomic mass is 9.94. The molecule has 0 saturated carbocycles. The van der Waals surface area contributed by atoms with Gasteiger partial charge < -0.3 is 10.2 Å². The third-order valence-electron chi connectivity index (χ3n) is 4.20. The van der Waals surface area contributed by atoms with Crippen molar-refractivity contribution in [2.24, 2.45) is 5.92 Å². The van der Waals surface area contributed by atoms with Crippen molar-refractivity contribution < 1.29 is 4.79 Å². The van der Waals surface area contributed by atoms with Gasteiger partial charge in [-0.15, -0.1) is 0 Å². The summed E-state index contributed by atoms with van der Waals surface area (Å²) in [6.45, 7) is 2.82. The molecule has 0 spiro atoms. The number of benzene rings is 1. The Morgan fingerprint density at radius 1 is 1.30 bits per heavy atom. The third kappa shape index (κ3) is 3.05. The Balaban J connectivity index is 1.60. The van der Waals surface area contributed by atoms with Crippen LogP contribution >= 0.6 is 11.6 Å². The summed E-state index contributed by atoms with van der Waals surface area (Å²) in [5.74, 6) is 0.743. The maximum Gasteiger partial charge on any atom is 0.246 e. The highest BCUT2D eigenvalue weighted by atomic mass is 35.5. The quantitative estimate of drug-likeness (QED) is 0.849. The predicted octanol–water partition coefficient (Wildman–Crippen LogP) is 2.56. The van der Waals surface area contributed by atoms with Crippen molar-refractivity contribution in [1.82, 2.24) is 10.2 Å². The van der Waals surface area contributed by atoms with Crippen molar-refractivity contribution in [2.45, 2.75) is 18.9 Å². The zero-order valence-corrected chi connectivity index (χ0v) is 12.1. The topological polar surface area (TPSA) is 32.3 Å². The van der Waals surface area contributed by atoms with Gasteiger partial charge in [0.1, 0.15) is 0 Å². The van der Waals surface area contributed by atoms with Gasteiger partial charge in [0.15, 0.2) is 0 Å². The van der Waals surface area contributed by atoms with E-state index >= 15 is 0 Å². The van der Waals surface area contributed by atoms with Crippen LogP contribution in [0.4, 0.5) is 0 Å². The molecule has 2 aliphatic rings. The van der Waals surface area contributed by atoms with Crippen molar-refractivity contribution in [3.63, 3.8) is 0 Å². The van der Waals surface area contributed by atoms with E-state index in [1.54, 1.807) is 6.08 Å². The molecule has 0 radical (unpaired) electrons. The Bertz CT molecular complexity index is 498. The molecule has 1 aromatic rings. The molecule has 2 heterocycles. The highest BCUT2D eigenvalue weighted by Crippen LogP contribution is 2.25. The SMILES string of the molecule is O=C(/C=C/c1ccc(Cl)cc1)N1CC2CCCNC2C1. The maximum atomic E-state index is 12.2. The number of rotatable bonds is 2. The zero-order chi connectivity index (χ0) is 13.9. The molecule has 3 nitrogen and oxygen atoms in total. The number of nitrogens with one attached hydrogen (secondary N) is 1. The summed E-state index contributed by atoms with van der Waals surface area (Å²) in [5, 5.41) is 4.22. The van der Waals surface area contributed by atoms with Gasteiger partial charge >= 0.3 is 0 Å². The molecule has 106 valence electrons. The minimum atomic E-state index is 0.108. The van der Waals surface area contributed by atoms with Crippen LogP contribution < -0.4 is 5.32 Å². The largest absolute Gasteiger partial charge is 0.337 e. The number of fused-ring (bicyclic) bond motifs is 1. The molecule has 2 fully saturated rings. The van der Waals surface area contributed by atoms with E-state index in [9.17, 15) is 4.79 Å². The Morgan fingerprint density at radius 3 is 2.85 bits per heavy atom. The number of hydrogen-bond acceptors (Lipinski definition) is 2. The van der Waals surface area contributed by atoms with Gasteiger partial charge in [0, 0.05) is 30.2 Å². The van der Waals surface area contributed by atoms with Crippen LogP contribution in [-0.4, -0.2) is 36.5 Å². The monoisotopic (exact) mass is 290 g/mol. The van der Waals surface area contributed by atoms with E-state index in [1.807, 2.05) is 35.2 Å². The van der Waals surface area contributed by atoms with E-state index in [0.29, 0.717) is 17.0 Å². The van der Waals surface area contributed by atoms with Crippen LogP contribution in [0.3, 0.4) is 0 Å². The van der Waals surface area contributed by atoms with E-state index in [-0.39, 0.29) is 5.91 Å². The van der Waals surface area contributed by atoms with E-state index in [0.717, 1.165) is 25.2 Å². The van der Waals surface area contributed by atoms with Crippen molar-refractivity contribution in [2.75, 3.05) is 19.6 Å². The first-order valence-electron chi connectivity index (χ1n) is 7.18. The van der Waals surface area contributed by atoms with Gasteiger partial charge in [-0.25, -0.2) is 0 Å². The predicted molar refractivity (Wildman–Crippen MR) is 81.6 cm³/mol. The molecular formula is C16H19ClN2O. The standard InChI is InChI=1S/C16H19ClN2O/c17-14-6-3-12(4-7-14)5-8-16(20)19-10-13-2-1-9-18-15(13)11-19/h3-8,13,15,18H,1-2,9-11H2/b8-5+. The van der Waals surface area contributed by atoms with Gasteiger partial charge in [0.2, 0.25) is 5.91 Å². The first kappa shape index (κ1) is 13.7. The van der Waals surface area contributed by atoms with Gasteiger partial charge in [-0.1, -0.05) is 23.7 Å². The summed E-state index contributed by atoms with van der Waals surface area (Å²) in [7, 11) is 0. The maximum absolute atomic E-state index is 12.2. The molecule has 2 unspecified atom stereocenters. The van der Waals surface area contributed by atoms with Crippen molar-refractivity contribution >= 4 is 23.6 Å². The Kier molecular flexibility index (Phi) is 4.08. The lowest BCUT2D eigenvalue weighted by Crippen LogP contribution is -2.40. The molecule has 2 atom stereocenters. The normalized spacial score (nSPS) is 25.9. The van der Waals surface area contributed by atoms with E-state index in [1.165, 1.54) is 12.8 Å². The molecule has 4 heteroatoms. The van der Waals surface area contributed by atoms with Crippen LogP contribution in [0.25, 0.3) is 6.08 Å². The molecule has 3 rings (SSSR count). The van der Waals surface area contributed by atoms with E-state index in [4.69, 9.17) is 11.6 Å². The number of hydrogen-bond donors (Lipinski definition) is 1. The van der Waals surface area contributed by atoms with Gasteiger partial charge in [0.05, 0.1) is 0 Å². The third-order valence-corrected chi connectivity index (χ3v) is 4.45. The summed E-state index contributed by atoms with van der Waals surface area (Å²) in [4.78, 5) is 14.2. The number of carbonyl (C=O) groups excluding carboxylic acids is 1. The summed E-state index contributed by atoms with van der Waals surface area (Å²) < 4.78 is 0. The van der Waals surface area contributed by atoms with E-state index in [2.05, 4.69) is 5.32 Å². The van der Waals surface area contributed by atoms with Crippen molar-refractivity contribution in [1.29, 1.82) is 0 Å². The highest BCUT2D eigenvalue weighted by molar-refractivity contribution is 6.30. The second kappa shape index (κ2) is 5.98.